The summed E-state index contributed by atoms with van der Waals surface area (Å²) in [6.07, 6.45) is 0.983. The average molecular weight is 463 g/mol. The summed E-state index contributed by atoms with van der Waals surface area (Å²) in [5.41, 5.74) is 3.23. The van der Waals surface area contributed by atoms with Crippen LogP contribution in [0.1, 0.15) is 23.1 Å². The zero-order chi connectivity index (χ0) is 23.5. The molecule has 3 aromatic rings. The predicted molar refractivity (Wildman–Crippen MR) is 132 cm³/mol. The van der Waals surface area contributed by atoms with Crippen LogP contribution in [0, 0.1) is 11.8 Å². The second kappa shape index (κ2) is 12.1. The van der Waals surface area contributed by atoms with Crippen molar-refractivity contribution in [3.05, 3.63) is 107 Å². The van der Waals surface area contributed by atoms with Gasteiger partial charge in [0.2, 0.25) is 0 Å². The molecule has 1 atom stereocenters. The van der Waals surface area contributed by atoms with E-state index in [0.717, 1.165) is 28.2 Å². The number of aliphatic hydroxyl groups is 1. The van der Waals surface area contributed by atoms with Crippen LogP contribution in [0.4, 0.5) is 0 Å². The quantitative estimate of drug-likeness (QED) is 0.336. The van der Waals surface area contributed by atoms with Crippen molar-refractivity contribution in [2.24, 2.45) is 0 Å². The first-order valence-corrected chi connectivity index (χ1v) is 11.0. The third-order valence-corrected chi connectivity index (χ3v) is 5.41. The lowest BCUT2D eigenvalue weighted by molar-refractivity contribution is 0.000749. The molecule has 0 radical (unpaired) electrons. The van der Waals surface area contributed by atoms with Crippen LogP contribution in [0.5, 0.6) is 11.5 Å². The first kappa shape index (κ1) is 24.4. The maximum absolute atomic E-state index is 10.3. The third kappa shape index (κ3) is 5.97. The Balaban J connectivity index is 2.07. The monoisotopic (exact) mass is 462 g/mol. The van der Waals surface area contributed by atoms with Crippen LogP contribution >= 0.6 is 11.6 Å². The molecule has 3 aromatic carbocycles. The number of hydrogen-bond acceptors (Lipinski definition) is 4. The summed E-state index contributed by atoms with van der Waals surface area (Å²) in [5, 5.41) is 10.3. The highest BCUT2D eigenvalue weighted by molar-refractivity contribution is 6.25. The molecule has 0 spiro atoms. The lowest BCUT2D eigenvalue weighted by atomic mass is 9.80. The topological polar surface area (TPSA) is 47.9 Å². The van der Waals surface area contributed by atoms with Crippen molar-refractivity contribution in [1.29, 1.82) is 0 Å². The smallest absolute Gasteiger partial charge is 0.143 e. The van der Waals surface area contributed by atoms with Crippen molar-refractivity contribution in [3.8, 4) is 23.3 Å². The van der Waals surface area contributed by atoms with Crippen molar-refractivity contribution in [1.82, 2.24) is 0 Å². The van der Waals surface area contributed by atoms with E-state index in [2.05, 4.69) is 11.8 Å². The van der Waals surface area contributed by atoms with E-state index in [9.17, 15) is 5.11 Å². The van der Waals surface area contributed by atoms with E-state index in [4.69, 9.17) is 25.8 Å². The fraction of sp³-hybridized carbons (Fsp3) is 0.214. The molecule has 0 saturated carbocycles. The Morgan fingerprint density at radius 1 is 0.848 bits per heavy atom. The van der Waals surface area contributed by atoms with Crippen molar-refractivity contribution in [3.63, 3.8) is 0 Å². The van der Waals surface area contributed by atoms with Gasteiger partial charge in [0.25, 0.3) is 0 Å². The molecule has 33 heavy (non-hydrogen) atoms. The zero-order valence-corrected chi connectivity index (χ0v) is 19.5. The van der Waals surface area contributed by atoms with Crippen molar-refractivity contribution < 1.29 is 19.3 Å². The highest BCUT2D eigenvalue weighted by Crippen LogP contribution is 2.41. The standard InChI is InChI=1S/C28H27ClO4/c1-31-26-15-11-23(12-16-26)28(22-8-4-3-5-9-22,24-13-17-27(32-2)18-14-24)33-21-19-25(30)10-6-7-20-29/h3-5,7-9,11-18,20,25,30H,19,21H2,1-2H3/b20-7-/t25-/m0/s1. The summed E-state index contributed by atoms with van der Waals surface area (Å²) < 4.78 is 17.4. The molecule has 0 heterocycles. The van der Waals surface area contributed by atoms with E-state index < -0.39 is 11.7 Å². The Kier molecular flexibility index (Phi) is 8.97. The average Bonchev–Trinajstić information content (AvgIpc) is 2.88. The van der Waals surface area contributed by atoms with Gasteiger partial charge in [0.15, 0.2) is 0 Å². The number of rotatable bonds is 9. The zero-order valence-electron chi connectivity index (χ0n) is 18.7. The first-order chi connectivity index (χ1) is 16.1. The van der Waals surface area contributed by atoms with Crippen molar-refractivity contribution in [2.75, 3.05) is 20.8 Å². The van der Waals surface area contributed by atoms with Gasteiger partial charge in [-0.15, -0.1) is 0 Å². The molecule has 0 aromatic heterocycles. The Morgan fingerprint density at radius 2 is 1.36 bits per heavy atom. The van der Waals surface area contributed by atoms with Crippen LogP contribution in [0.15, 0.2) is 90.5 Å². The minimum atomic E-state index is -0.914. The second-order valence-corrected chi connectivity index (χ2v) is 7.49. The van der Waals surface area contributed by atoms with Gasteiger partial charge in [0.05, 0.1) is 20.8 Å². The summed E-state index contributed by atoms with van der Waals surface area (Å²) in [7, 11) is 3.28. The highest BCUT2D eigenvalue weighted by atomic mass is 35.5. The Morgan fingerprint density at radius 3 is 1.85 bits per heavy atom. The second-order valence-electron chi connectivity index (χ2n) is 7.24. The van der Waals surface area contributed by atoms with Crippen LogP contribution < -0.4 is 9.47 Å². The number of halogens is 1. The maximum atomic E-state index is 10.3. The largest absolute Gasteiger partial charge is 0.497 e. The van der Waals surface area contributed by atoms with Crippen LogP contribution in [0.25, 0.3) is 0 Å². The van der Waals surface area contributed by atoms with Gasteiger partial charge >= 0.3 is 0 Å². The molecule has 0 saturated heterocycles. The summed E-state index contributed by atoms with van der Waals surface area (Å²) in [4.78, 5) is 0. The van der Waals surface area contributed by atoms with E-state index in [1.54, 1.807) is 14.2 Å². The van der Waals surface area contributed by atoms with Gasteiger partial charge in [-0.25, -0.2) is 0 Å². The SMILES string of the molecule is COc1ccc(C(OCC[C@@H](O)C#C/C=C\Cl)(c2ccccc2)c2ccc(OC)cc2)cc1. The van der Waals surface area contributed by atoms with Crippen LogP contribution in [-0.4, -0.2) is 32.0 Å². The number of allylic oxidation sites excluding steroid dienone is 1. The fourth-order valence-corrected chi connectivity index (χ4v) is 3.71. The van der Waals surface area contributed by atoms with Gasteiger partial charge in [-0.3, -0.25) is 0 Å². The van der Waals surface area contributed by atoms with E-state index in [-0.39, 0.29) is 6.61 Å². The van der Waals surface area contributed by atoms with Crippen LogP contribution in [-0.2, 0) is 10.3 Å². The highest BCUT2D eigenvalue weighted by Gasteiger charge is 2.37. The summed E-state index contributed by atoms with van der Waals surface area (Å²) in [6.45, 7) is 0.271. The van der Waals surface area contributed by atoms with Gasteiger partial charge < -0.3 is 19.3 Å². The van der Waals surface area contributed by atoms with Gasteiger partial charge in [-0.05, 0) is 47.0 Å². The molecule has 5 heteroatoms. The number of aliphatic hydroxyl groups excluding tert-OH is 1. The number of benzene rings is 3. The normalized spacial score (nSPS) is 12.1. The molecule has 1 N–H and O–H groups in total. The van der Waals surface area contributed by atoms with Gasteiger partial charge in [0, 0.05) is 12.0 Å². The molecule has 4 nitrogen and oxygen atoms in total. The van der Waals surface area contributed by atoms with Crippen LogP contribution in [0.3, 0.4) is 0 Å². The van der Waals surface area contributed by atoms with Gasteiger partial charge in [-0.1, -0.05) is 78.0 Å². The lowest BCUT2D eigenvalue weighted by Crippen LogP contribution is -2.34. The molecule has 3 rings (SSSR count). The summed E-state index contributed by atoms with van der Waals surface area (Å²) in [6, 6.07) is 25.7. The van der Waals surface area contributed by atoms with Crippen molar-refractivity contribution >= 4 is 11.6 Å². The Bertz CT molecular complexity index is 1030. The number of hydrogen-bond donors (Lipinski definition) is 1. The summed E-state index contributed by atoms with van der Waals surface area (Å²) in [5.74, 6) is 6.96. The van der Waals surface area contributed by atoms with Crippen molar-refractivity contribution in [2.45, 2.75) is 18.1 Å². The minimum Gasteiger partial charge on any atom is -0.497 e. The van der Waals surface area contributed by atoms with E-state index in [1.807, 2.05) is 78.9 Å². The van der Waals surface area contributed by atoms with E-state index in [0.29, 0.717) is 6.42 Å². The minimum absolute atomic E-state index is 0.271. The van der Waals surface area contributed by atoms with Crippen LogP contribution in [0.2, 0.25) is 0 Å². The molecule has 0 amide bonds. The fourth-order valence-electron chi connectivity index (χ4n) is 3.65. The molecule has 0 bridgehead atoms. The molecular weight excluding hydrogens is 436 g/mol. The van der Waals surface area contributed by atoms with Gasteiger partial charge in [-0.2, -0.15) is 0 Å². The molecule has 170 valence electrons. The first-order valence-electron chi connectivity index (χ1n) is 10.6. The lowest BCUT2D eigenvalue weighted by Gasteiger charge is -2.36. The van der Waals surface area contributed by atoms with Gasteiger partial charge in [0.1, 0.15) is 23.2 Å². The predicted octanol–water partition coefficient (Wildman–Crippen LogP) is 5.52. The molecule has 0 aliphatic carbocycles. The molecular formula is C28H27ClO4. The Labute approximate surface area is 200 Å². The maximum Gasteiger partial charge on any atom is 0.143 e. The number of ether oxygens (including phenoxy) is 3. The number of methoxy groups -OCH3 is 2. The van der Waals surface area contributed by atoms with E-state index in [1.165, 1.54) is 11.6 Å². The molecule has 0 unspecified atom stereocenters. The molecule has 0 aliphatic heterocycles. The third-order valence-electron chi connectivity index (χ3n) is 5.28. The molecule has 0 aliphatic rings. The Hall–Kier alpha value is -3.23. The molecule has 0 fully saturated rings. The van der Waals surface area contributed by atoms with E-state index >= 15 is 0 Å². The summed E-state index contributed by atoms with van der Waals surface area (Å²) >= 11 is 5.49.